The van der Waals surface area contributed by atoms with E-state index >= 15 is 0 Å². The molecule has 2 aromatic rings. The van der Waals surface area contributed by atoms with Crippen LogP contribution in [0.1, 0.15) is 16.8 Å². The van der Waals surface area contributed by atoms with Crippen molar-refractivity contribution in [3.05, 3.63) is 54.1 Å². The lowest BCUT2D eigenvalue weighted by Gasteiger charge is -2.26. The summed E-state index contributed by atoms with van der Waals surface area (Å²) >= 11 is 0. The Bertz CT molecular complexity index is 761. The highest BCUT2D eigenvalue weighted by atomic mass is 16.6. The molecule has 5 N–H and O–H groups in total. The van der Waals surface area contributed by atoms with E-state index in [1.807, 2.05) is 0 Å². The van der Waals surface area contributed by atoms with Crippen LogP contribution in [0.3, 0.4) is 0 Å². The first-order valence-electron chi connectivity index (χ1n) is 8.66. The lowest BCUT2D eigenvalue weighted by Crippen LogP contribution is -2.46. The van der Waals surface area contributed by atoms with Crippen molar-refractivity contribution in [2.24, 2.45) is 0 Å². The maximum Gasteiger partial charge on any atom is 0.337 e. The number of hydrogen-bond acceptors (Lipinski definition) is 8. The fourth-order valence-corrected chi connectivity index (χ4v) is 2.57. The van der Waals surface area contributed by atoms with Crippen molar-refractivity contribution in [1.29, 1.82) is 0 Å². The molecule has 2 unspecified atom stereocenters. The molecule has 0 saturated heterocycles. The van der Waals surface area contributed by atoms with Crippen LogP contribution >= 0.6 is 0 Å². The third kappa shape index (κ3) is 5.51. The Hall–Kier alpha value is -2.49. The number of esters is 1. The molecule has 2 rings (SSSR count). The zero-order valence-corrected chi connectivity index (χ0v) is 15.3. The second-order valence-corrected chi connectivity index (χ2v) is 6.17. The zero-order chi connectivity index (χ0) is 20.7. The molecule has 0 fully saturated rings. The minimum atomic E-state index is -1.79. The van der Waals surface area contributed by atoms with E-state index in [-0.39, 0.29) is 18.8 Å². The van der Waals surface area contributed by atoms with E-state index in [2.05, 4.69) is 4.74 Å². The van der Waals surface area contributed by atoms with Gasteiger partial charge in [-0.15, -0.1) is 0 Å². The highest BCUT2D eigenvalue weighted by molar-refractivity contribution is 5.90. The van der Waals surface area contributed by atoms with Crippen LogP contribution in [0.5, 0.6) is 5.75 Å². The Morgan fingerprint density at radius 3 is 2.25 bits per heavy atom. The lowest BCUT2D eigenvalue weighted by molar-refractivity contribution is -0.166. The topological polar surface area (TPSA) is 137 Å². The molecule has 8 nitrogen and oxygen atoms in total. The second-order valence-electron chi connectivity index (χ2n) is 6.17. The van der Waals surface area contributed by atoms with Gasteiger partial charge in [0, 0.05) is 6.61 Å². The molecule has 0 bridgehead atoms. The number of benzene rings is 2. The third-order valence-corrected chi connectivity index (χ3v) is 4.19. The van der Waals surface area contributed by atoms with Crippen molar-refractivity contribution in [2.75, 3.05) is 13.7 Å². The van der Waals surface area contributed by atoms with Gasteiger partial charge in [0.1, 0.15) is 18.0 Å². The van der Waals surface area contributed by atoms with Gasteiger partial charge in [-0.05, 0) is 41.8 Å². The Balaban J connectivity index is 2.09. The van der Waals surface area contributed by atoms with Crippen molar-refractivity contribution in [3.8, 4) is 16.9 Å². The predicted octanol–water partition coefficient (Wildman–Crippen LogP) is 0.302. The molecule has 0 heterocycles. The quantitative estimate of drug-likeness (QED) is 0.304. The van der Waals surface area contributed by atoms with Gasteiger partial charge in [0.05, 0.1) is 18.8 Å². The summed E-state index contributed by atoms with van der Waals surface area (Å²) in [5, 5.41) is 48.1. The summed E-state index contributed by atoms with van der Waals surface area (Å²) in [6.07, 6.45) is -6.80. The van der Waals surface area contributed by atoms with E-state index in [0.29, 0.717) is 5.56 Å². The smallest absolute Gasteiger partial charge is 0.337 e. The molecule has 28 heavy (non-hydrogen) atoms. The minimum Gasteiger partial charge on any atom is -0.465 e. The van der Waals surface area contributed by atoms with Gasteiger partial charge in [-0.25, -0.2) is 4.79 Å². The van der Waals surface area contributed by atoms with Crippen molar-refractivity contribution in [2.45, 2.75) is 31.0 Å². The van der Waals surface area contributed by atoms with Crippen molar-refractivity contribution < 1.29 is 39.8 Å². The number of ether oxygens (including phenoxy) is 2. The molecule has 0 aliphatic heterocycles. The lowest BCUT2D eigenvalue weighted by atomic mass is 10.0. The molecule has 0 saturated carbocycles. The van der Waals surface area contributed by atoms with Crippen LogP contribution in [-0.4, -0.2) is 69.8 Å². The number of carbonyl (C=O) groups is 1. The van der Waals surface area contributed by atoms with Gasteiger partial charge < -0.3 is 35.0 Å². The van der Waals surface area contributed by atoms with Crippen LogP contribution in [0.15, 0.2) is 48.5 Å². The number of rotatable bonds is 9. The SMILES string of the molecule is COC(=O)c1ccc(-c2cccc(O[C@@H](O)C(O)C(O)[C@H](O)CCO)c2)cc1. The van der Waals surface area contributed by atoms with Gasteiger partial charge >= 0.3 is 5.97 Å². The Labute approximate surface area is 162 Å². The molecular weight excluding hydrogens is 368 g/mol. The highest BCUT2D eigenvalue weighted by Crippen LogP contribution is 2.25. The molecule has 0 spiro atoms. The van der Waals surface area contributed by atoms with Gasteiger partial charge in [0.25, 0.3) is 0 Å². The Kier molecular flexibility index (Phi) is 7.91. The standard InChI is InChI=1S/C20H24O8/c1-27-19(25)13-7-5-12(6-8-13)14-3-2-4-15(11-14)28-20(26)18(24)17(23)16(22)9-10-21/h2-8,11,16-18,20-24,26H,9-10H2,1H3/t16-,17?,18?,20-/m1/s1. The fourth-order valence-electron chi connectivity index (χ4n) is 2.57. The molecule has 0 aromatic heterocycles. The third-order valence-electron chi connectivity index (χ3n) is 4.19. The normalized spacial score (nSPS) is 15.4. The first kappa shape index (κ1) is 21.8. The monoisotopic (exact) mass is 392 g/mol. The van der Waals surface area contributed by atoms with Crippen LogP contribution in [-0.2, 0) is 4.74 Å². The number of carbonyl (C=O) groups excluding carboxylic acids is 1. The molecule has 2 aromatic carbocycles. The van der Waals surface area contributed by atoms with Crippen molar-refractivity contribution >= 4 is 5.97 Å². The molecule has 4 atom stereocenters. The number of methoxy groups -OCH3 is 1. The van der Waals surface area contributed by atoms with E-state index < -0.39 is 30.6 Å². The number of aliphatic hydroxyl groups excluding tert-OH is 5. The molecule has 0 amide bonds. The summed E-state index contributed by atoms with van der Waals surface area (Å²) in [6.45, 7) is -0.376. The average Bonchev–Trinajstić information content (AvgIpc) is 2.72. The predicted molar refractivity (Wildman–Crippen MR) is 99.6 cm³/mol. The molecule has 8 heteroatoms. The Morgan fingerprint density at radius 1 is 0.964 bits per heavy atom. The van der Waals surface area contributed by atoms with E-state index in [1.54, 1.807) is 48.5 Å². The molecule has 0 radical (unpaired) electrons. The summed E-state index contributed by atoms with van der Waals surface area (Å²) in [6, 6.07) is 13.3. The van der Waals surface area contributed by atoms with Crippen LogP contribution in [0.25, 0.3) is 11.1 Å². The van der Waals surface area contributed by atoms with Crippen LogP contribution in [0, 0.1) is 0 Å². The zero-order valence-electron chi connectivity index (χ0n) is 15.3. The summed E-state index contributed by atoms with van der Waals surface area (Å²) in [5.41, 5.74) is 1.93. The molecular formula is C20H24O8. The summed E-state index contributed by atoms with van der Waals surface area (Å²) in [7, 11) is 1.30. The van der Waals surface area contributed by atoms with Crippen LogP contribution in [0.2, 0.25) is 0 Å². The van der Waals surface area contributed by atoms with Gasteiger partial charge in [0.2, 0.25) is 6.29 Å². The van der Waals surface area contributed by atoms with Crippen molar-refractivity contribution in [3.63, 3.8) is 0 Å². The van der Waals surface area contributed by atoms with Gasteiger partial charge in [0.15, 0.2) is 0 Å². The number of aliphatic hydroxyl groups is 5. The van der Waals surface area contributed by atoms with E-state index in [4.69, 9.17) is 9.84 Å². The van der Waals surface area contributed by atoms with E-state index in [9.17, 15) is 25.2 Å². The average molecular weight is 392 g/mol. The molecule has 152 valence electrons. The first-order chi connectivity index (χ1) is 13.4. The van der Waals surface area contributed by atoms with Crippen LogP contribution in [0.4, 0.5) is 0 Å². The van der Waals surface area contributed by atoms with Gasteiger partial charge in [-0.1, -0.05) is 24.3 Å². The summed E-state index contributed by atoms with van der Waals surface area (Å²) in [4.78, 5) is 11.5. The minimum absolute atomic E-state index is 0.151. The maximum absolute atomic E-state index is 11.5. The second kappa shape index (κ2) is 10.2. The van der Waals surface area contributed by atoms with E-state index in [1.165, 1.54) is 7.11 Å². The van der Waals surface area contributed by atoms with Crippen molar-refractivity contribution in [1.82, 2.24) is 0 Å². The Morgan fingerprint density at radius 2 is 1.64 bits per heavy atom. The maximum atomic E-state index is 11.5. The van der Waals surface area contributed by atoms with Crippen LogP contribution < -0.4 is 4.74 Å². The largest absolute Gasteiger partial charge is 0.465 e. The molecule has 0 aliphatic carbocycles. The highest BCUT2D eigenvalue weighted by Gasteiger charge is 2.31. The van der Waals surface area contributed by atoms with Gasteiger partial charge in [-0.2, -0.15) is 0 Å². The summed E-state index contributed by atoms with van der Waals surface area (Å²) < 4.78 is 9.92. The summed E-state index contributed by atoms with van der Waals surface area (Å²) in [5.74, 6) is -0.215. The molecule has 0 aliphatic rings. The van der Waals surface area contributed by atoms with E-state index in [0.717, 1.165) is 11.1 Å². The number of hydrogen-bond donors (Lipinski definition) is 5. The fraction of sp³-hybridized carbons (Fsp3) is 0.350. The first-order valence-corrected chi connectivity index (χ1v) is 8.66. The van der Waals surface area contributed by atoms with Gasteiger partial charge in [-0.3, -0.25) is 0 Å².